The molecule has 2 heteroatoms. The van der Waals surface area contributed by atoms with Gasteiger partial charge in [0.25, 0.3) is 0 Å². The van der Waals surface area contributed by atoms with Gasteiger partial charge in [-0.25, -0.2) is 0 Å². The smallest absolute Gasteiger partial charge is 0.122 e. The van der Waals surface area contributed by atoms with Crippen molar-refractivity contribution in [1.82, 2.24) is 0 Å². The largest absolute Gasteiger partial charge is 0.496 e. The van der Waals surface area contributed by atoms with E-state index < -0.39 is 0 Å². The number of alkyl halides is 1. The normalized spacial score (nSPS) is 12.5. The molecule has 0 saturated carbocycles. The number of methoxy groups -OCH3 is 1. The molecule has 15 heavy (non-hydrogen) atoms. The maximum Gasteiger partial charge on any atom is 0.122 e. The van der Waals surface area contributed by atoms with Crippen molar-refractivity contribution in [3.8, 4) is 5.75 Å². The second-order valence-electron chi connectivity index (χ2n) is 3.98. The van der Waals surface area contributed by atoms with Gasteiger partial charge in [-0.05, 0) is 47.3 Å². The minimum absolute atomic E-state index is 0.593. The molecular weight excluding hydrogens is 299 g/mol. The fourth-order valence-corrected chi connectivity index (χ4v) is 2.20. The van der Waals surface area contributed by atoms with Crippen LogP contribution in [0.15, 0.2) is 18.2 Å². The fraction of sp³-hybridized carbons (Fsp3) is 0.538. The van der Waals surface area contributed by atoms with Gasteiger partial charge in [-0.15, -0.1) is 0 Å². The van der Waals surface area contributed by atoms with Crippen molar-refractivity contribution >= 4 is 22.6 Å². The number of halogens is 1. The van der Waals surface area contributed by atoms with Crippen LogP contribution in [0.25, 0.3) is 0 Å². The molecule has 0 amide bonds. The second kappa shape index (κ2) is 6.36. The highest BCUT2D eigenvalue weighted by Crippen LogP contribution is 2.30. The third kappa shape index (κ3) is 3.67. The zero-order valence-corrected chi connectivity index (χ0v) is 11.9. The summed E-state index contributed by atoms with van der Waals surface area (Å²) in [5.74, 6) is 1.63. The summed E-state index contributed by atoms with van der Waals surface area (Å²) in [5.41, 5.74) is 2.60. The van der Waals surface area contributed by atoms with Crippen molar-refractivity contribution in [2.75, 3.05) is 11.5 Å². The highest BCUT2D eigenvalue weighted by molar-refractivity contribution is 14.1. The van der Waals surface area contributed by atoms with Gasteiger partial charge in [0.1, 0.15) is 5.75 Å². The van der Waals surface area contributed by atoms with Crippen LogP contribution in [0, 0.1) is 6.92 Å². The van der Waals surface area contributed by atoms with E-state index in [0.717, 1.165) is 5.75 Å². The highest BCUT2D eigenvalue weighted by Gasteiger charge is 2.10. The van der Waals surface area contributed by atoms with Gasteiger partial charge in [0.15, 0.2) is 0 Å². The van der Waals surface area contributed by atoms with E-state index in [0.29, 0.717) is 5.92 Å². The van der Waals surface area contributed by atoms with Crippen molar-refractivity contribution in [1.29, 1.82) is 0 Å². The monoisotopic (exact) mass is 318 g/mol. The van der Waals surface area contributed by atoms with E-state index in [1.165, 1.54) is 28.4 Å². The summed E-state index contributed by atoms with van der Waals surface area (Å²) < 4.78 is 6.66. The predicted molar refractivity (Wildman–Crippen MR) is 74.3 cm³/mol. The number of hydrogen-bond donors (Lipinski definition) is 0. The molecule has 1 atom stereocenters. The average molecular weight is 318 g/mol. The van der Waals surface area contributed by atoms with Gasteiger partial charge in [0, 0.05) is 0 Å². The maximum atomic E-state index is 5.43. The lowest BCUT2D eigenvalue weighted by Crippen LogP contribution is -1.98. The van der Waals surface area contributed by atoms with E-state index in [1.807, 2.05) is 0 Å². The lowest BCUT2D eigenvalue weighted by atomic mass is 9.95. The Morgan fingerprint density at radius 2 is 2.13 bits per heavy atom. The van der Waals surface area contributed by atoms with E-state index in [1.54, 1.807) is 7.11 Å². The van der Waals surface area contributed by atoms with Crippen LogP contribution in [-0.4, -0.2) is 11.5 Å². The Balaban J connectivity index is 2.82. The lowest BCUT2D eigenvalue weighted by Gasteiger charge is -2.15. The molecule has 0 aliphatic carbocycles. The molecule has 84 valence electrons. The maximum absolute atomic E-state index is 5.43. The highest BCUT2D eigenvalue weighted by atomic mass is 127. The van der Waals surface area contributed by atoms with Crippen LogP contribution < -0.4 is 4.74 Å². The summed E-state index contributed by atoms with van der Waals surface area (Å²) in [6.45, 7) is 4.38. The van der Waals surface area contributed by atoms with Crippen LogP contribution in [0.4, 0.5) is 0 Å². The first-order chi connectivity index (χ1) is 7.19. The van der Waals surface area contributed by atoms with Crippen molar-refractivity contribution in [3.05, 3.63) is 29.3 Å². The molecule has 1 nitrogen and oxygen atoms in total. The SMILES string of the molecule is COc1cc(C)ccc1C(C)CCCI. The molecule has 0 spiro atoms. The summed E-state index contributed by atoms with van der Waals surface area (Å²) in [6, 6.07) is 6.49. The van der Waals surface area contributed by atoms with E-state index in [4.69, 9.17) is 4.74 Å². The molecule has 0 saturated heterocycles. The molecule has 1 unspecified atom stereocenters. The second-order valence-corrected chi connectivity index (χ2v) is 5.06. The summed E-state index contributed by atoms with van der Waals surface area (Å²) >= 11 is 2.43. The predicted octanol–water partition coefficient (Wildman–Crippen LogP) is 4.32. The summed E-state index contributed by atoms with van der Waals surface area (Å²) in [6.07, 6.45) is 2.51. The third-order valence-corrected chi connectivity index (χ3v) is 3.45. The van der Waals surface area contributed by atoms with Crippen LogP contribution in [0.2, 0.25) is 0 Å². The molecule has 0 radical (unpaired) electrons. The zero-order valence-electron chi connectivity index (χ0n) is 9.72. The molecule has 0 aromatic heterocycles. The topological polar surface area (TPSA) is 9.23 Å². The Morgan fingerprint density at radius 1 is 1.40 bits per heavy atom. The van der Waals surface area contributed by atoms with Gasteiger partial charge in [0.2, 0.25) is 0 Å². The molecule has 0 aliphatic heterocycles. The van der Waals surface area contributed by atoms with E-state index in [2.05, 4.69) is 54.6 Å². The summed E-state index contributed by atoms with van der Waals surface area (Å²) in [5, 5.41) is 0. The van der Waals surface area contributed by atoms with Gasteiger partial charge in [0.05, 0.1) is 7.11 Å². The molecule has 1 aromatic rings. The summed E-state index contributed by atoms with van der Waals surface area (Å²) in [4.78, 5) is 0. The Labute approximate surface area is 106 Å². The lowest BCUT2D eigenvalue weighted by molar-refractivity contribution is 0.405. The van der Waals surface area contributed by atoms with Gasteiger partial charge >= 0.3 is 0 Å². The number of rotatable bonds is 5. The molecule has 1 rings (SSSR count). The number of benzene rings is 1. The van der Waals surface area contributed by atoms with Crippen molar-refractivity contribution in [2.24, 2.45) is 0 Å². The van der Waals surface area contributed by atoms with Crippen molar-refractivity contribution < 1.29 is 4.74 Å². The molecular formula is C13H19IO. The van der Waals surface area contributed by atoms with E-state index >= 15 is 0 Å². The molecule has 0 N–H and O–H groups in total. The van der Waals surface area contributed by atoms with Crippen LogP contribution in [0.5, 0.6) is 5.75 Å². The first-order valence-corrected chi connectivity index (χ1v) is 6.92. The van der Waals surface area contributed by atoms with Crippen LogP contribution in [-0.2, 0) is 0 Å². The fourth-order valence-electron chi connectivity index (χ4n) is 1.76. The molecule has 1 aromatic carbocycles. The number of ether oxygens (including phenoxy) is 1. The number of aryl methyl sites for hydroxylation is 1. The first-order valence-electron chi connectivity index (χ1n) is 5.39. The third-order valence-electron chi connectivity index (χ3n) is 2.69. The Bertz CT molecular complexity index is 309. The number of hydrogen-bond acceptors (Lipinski definition) is 1. The van der Waals surface area contributed by atoms with Crippen LogP contribution >= 0.6 is 22.6 Å². The van der Waals surface area contributed by atoms with Gasteiger partial charge in [-0.2, -0.15) is 0 Å². The molecule has 0 fully saturated rings. The first kappa shape index (κ1) is 12.8. The summed E-state index contributed by atoms with van der Waals surface area (Å²) in [7, 11) is 1.75. The van der Waals surface area contributed by atoms with Gasteiger partial charge in [-0.1, -0.05) is 41.6 Å². The van der Waals surface area contributed by atoms with E-state index in [9.17, 15) is 0 Å². The quantitative estimate of drug-likeness (QED) is 0.580. The Kier molecular flexibility index (Phi) is 5.43. The minimum Gasteiger partial charge on any atom is -0.496 e. The standard InChI is InChI=1S/C13H19IO/c1-10-6-7-12(13(9-10)15-3)11(2)5-4-8-14/h6-7,9,11H,4-5,8H2,1-3H3. The molecule has 0 heterocycles. The Hall–Kier alpha value is -0.250. The van der Waals surface area contributed by atoms with Crippen LogP contribution in [0.3, 0.4) is 0 Å². The zero-order chi connectivity index (χ0) is 11.3. The minimum atomic E-state index is 0.593. The van der Waals surface area contributed by atoms with Crippen LogP contribution in [0.1, 0.15) is 36.8 Å². The molecule has 0 bridgehead atoms. The van der Waals surface area contributed by atoms with Gasteiger partial charge < -0.3 is 4.74 Å². The van der Waals surface area contributed by atoms with Crippen molar-refractivity contribution in [2.45, 2.75) is 32.6 Å². The Morgan fingerprint density at radius 3 is 2.73 bits per heavy atom. The van der Waals surface area contributed by atoms with E-state index in [-0.39, 0.29) is 0 Å². The van der Waals surface area contributed by atoms with Crippen molar-refractivity contribution in [3.63, 3.8) is 0 Å². The van der Waals surface area contributed by atoms with Gasteiger partial charge in [-0.3, -0.25) is 0 Å². The molecule has 0 aliphatic rings. The average Bonchev–Trinajstić information content (AvgIpc) is 2.25.